The van der Waals surface area contributed by atoms with Crippen LogP contribution in [0.1, 0.15) is 5.56 Å². The zero-order chi connectivity index (χ0) is 17.8. The minimum absolute atomic E-state index is 0. The van der Waals surface area contributed by atoms with Crippen molar-refractivity contribution in [2.75, 3.05) is 0 Å². The summed E-state index contributed by atoms with van der Waals surface area (Å²) in [6.45, 7) is 2.21. The predicted octanol–water partition coefficient (Wildman–Crippen LogP) is 6.05. The molecular formula is C25H21HfP-2. The van der Waals surface area contributed by atoms with Gasteiger partial charge in [0.1, 0.15) is 0 Å². The van der Waals surface area contributed by atoms with E-state index in [2.05, 4.69) is 110 Å². The summed E-state index contributed by atoms with van der Waals surface area (Å²) in [6.07, 6.45) is 0. The minimum atomic E-state index is 0. The third kappa shape index (κ3) is 4.72. The first-order valence-corrected chi connectivity index (χ1v) is 9.89. The van der Waals surface area contributed by atoms with Gasteiger partial charge in [0.05, 0.1) is 0 Å². The van der Waals surface area contributed by atoms with Gasteiger partial charge in [0.15, 0.2) is 0 Å². The quantitative estimate of drug-likeness (QED) is 0.148. The summed E-state index contributed by atoms with van der Waals surface area (Å²) in [5, 5.41) is 8.34. The first kappa shape index (κ1) is 19.9. The van der Waals surface area contributed by atoms with Gasteiger partial charge in [-0.05, 0) is 5.30 Å². The van der Waals surface area contributed by atoms with Crippen molar-refractivity contribution in [1.82, 2.24) is 0 Å². The van der Waals surface area contributed by atoms with Gasteiger partial charge in [-0.1, -0.05) is 49.4 Å². The van der Waals surface area contributed by atoms with E-state index in [1.165, 1.54) is 37.7 Å². The first-order chi connectivity index (χ1) is 12.8. The second kappa shape index (κ2) is 9.40. The topological polar surface area (TPSA) is 0 Å². The number of fused-ring (bicyclic) bond motifs is 2. The van der Waals surface area contributed by atoms with E-state index in [1.807, 2.05) is 0 Å². The van der Waals surface area contributed by atoms with Gasteiger partial charge < -0.3 is 0 Å². The summed E-state index contributed by atoms with van der Waals surface area (Å²) in [7, 11) is 0.754. The van der Waals surface area contributed by atoms with Gasteiger partial charge in [0.2, 0.25) is 0 Å². The molecule has 0 aromatic heterocycles. The molecule has 0 N–H and O–H groups in total. The van der Waals surface area contributed by atoms with Crippen molar-refractivity contribution in [2.45, 2.75) is 6.92 Å². The Hall–Kier alpha value is -1.82. The molecule has 0 nitrogen and oxygen atoms in total. The average molecular weight is 531 g/mol. The van der Waals surface area contributed by atoms with Crippen molar-refractivity contribution in [3.05, 3.63) is 109 Å². The van der Waals surface area contributed by atoms with E-state index in [1.54, 1.807) is 0 Å². The van der Waals surface area contributed by atoms with Gasteiger partial charge in [-0.25, -0.2) is 0 Å². The Morgan fingerprint density at radius 3 is 2.15 bits per heavy atom. The van der Waals surface area contributed by atoms with Crippen LogP contribution in [-0.2, 0) is 25.8 Å². The summed E-state index contributed by atoms with van der Waals surface area (Å²) in [5.41, 5.74) is 1.41. The summed E-state index contributed by atoms with van der Waals surface area (Å²) >= 11 is 0. The molecule has 5 aromatic carbocycles. The van der Waals surface area contributed by atoms with Crippen molar-refractivity contribution in [3.63, 3.8) is 0 Å². The minimum Gasteiger partial charge on any atom is -0.168 e. The Morgan fingerprint density at radius 2 is 1.37 bits per heavy atom. The van der Waals surface area contributed by atoms with E-state index in [4.69, 9.17) is 0 Å². The average Bonchev–Trinajstić information content (AvgIpc) is 3.28. The fraction of sp³-hybridized carbons (Fsp3) is 0.0400. The Bertz CT molecular complexity index is 1090. The van der Waals surface area contributed by atoms with Crippen LogP contribution in [0, 0.1) is 6.92 Å². The van der Waals surface area contributed by atoms with Gasteiger partial charge >= 0.3 is 0 Å². The van der Waals surface area contributed by atoms with Crippen LogP contribution < -0.4 is 10.6 Å². The molecule has 0 saturated carbocycles. The third-order valence-corrected chi connectivity index (χ3v) is 6.12. The maximum atomic E-state index is 2.29. The van der Waals surface area contributed by atoms with Crippen molar-refractivity contribution in [2.24, 2.45) is 0 Å². The van der Waals surface area contributed by atoms with Gasteiger partial charge in [0.25, 0.3) is 0 Å². The number of aryl methyl sites for hydroxylation is 1. The van der Waals surface area contributed by atoms with Crippen molar-refractivity contribution in [3.8, 4) is 0 Å². The Kier molecular flexibility index (Phi) is 6.94. The SMILES string of the molecule is Cc1[cH-]c2ccccc2c1Pc1ccccc1.[Hf].c1ccc2[cH-]ccc2c1. The molecule has 0 aliphatic rings. The molecule has 0 aliphatic carbocycles. The normalized spacial score (nSPS) is 10.7. The molecule has 2 heteroatoms. The van der Waals surface area contributed by atoms with Crippen LogP contribution in [0.5, 0.6) is 0 Å². The zero-order valence-corrected chi connectivity index (χ0v) is 19.9. The van der Waals surface area contributed by atoms with Crippen LogP contribution in [0.4, 0.5) is 0 Å². The number of rotatable bonds is 2. The number of hydrogen-bond acceptors (Lipinski definition) is 0. The van der Waals surface area contributed by atoms with Crippen LogP contribution in [-0.4, -0.2) is 0 Å². The van der Waals surface area contributed by atoms with Crippen molar-refractivity contribution in [1.29, 1.82) is 0 Å². The molecule has 5 aromatic rings. The van der Waals surface area contributed by atoms with E-state index in [0.717, 1.165) is 8.58 Å². The van der Waals surface area contributed by atoms with Crippen LogP contribution in [0.25, 0.3) is 21.5 Å². The molecule has 0 radical (unpaired) electrons. The number of hydrogen-bond donors (Lipinski definition) is 0. The standard InChI is InChI=1S/C16H14P.C9H7.Hf/c1-12-11-13-7-5-6-10-15(13)16(12)17-14-8-3-2-4-9-14;1-2-5-9-7-3-6-8(9)4-1;/h2-11,17H,1H3;1-7H;/q2*-1;. The fourth-order valence-electron chi connectivity index (χ4n) is 3.27. The summed E-state index contributed by atoms with van der Waals surface area (Å²) in [6, 6.07) is 36.3. The van der Waals surface area contributed by atoms with E-state index in [9.17, 15) is 0 Å². The largest absolute Gasteiger partial charge is 0.168 e. The smallest absolute Gasteiger partial charge is 0 e. The molecule has 5 rings (SSSR count). The number of benzene rings is 3. The third-order valence-electron chi connectivity index (χ3n) is 4.59. The van der Waals surface area contributed by atoms with E-state index >= 15 is 0 Å². The molecule has 1 unspecified atom stereocenters. The maximum Gasteiger partial charge on any atom is 0 e. The van der Waals surface area contributed by atoms with Crippen LogP contribution >= 0.6 is 8.58 Å². The molecule has 1 atom stereocenters. The fourth-order valence-corrected chi connectivity index (χ4v) is 4.55. The van der Waals surface area contributed by atoms with Crippen molar-refractivity contribution < 1.29 is 25.8 Å². The molecule has 0 fully saturated rings. The van der Waals surface area contributed by atoms with Crippen molar-refractivity contribution >= 4 is 40.7 Å². The first-order valence-electron chi connectivity index (χ1n) is 8.89. The van der Waals surface area contributed by atoms with Crippen LogP contribution in [0.15, 0.2) is 103 Å². The Labute approximate surface area is 181 Å². The van der Waals surface area contributed by atoms with Crippen LogP contribution in [0.2, 0.25) is 0 Å². The Morgan fingerprint density at radius 1 is 0.704 bits per heavy atom. The Balaban J connectivity index is 0.000000178. The molecule has 0 bridgehead atoms. The van der Waals surface area contributed by atoms with Gasteiger partial charge in [-0.2, -0.15) is 17.5 Å². The monoisotopic (exact) mass is 532 g/mol. The molecule has 0 spiro atoms. The van der Waals surface area contributed by atoms with Gasteiger partial charge in [-0.15, -0.1) is 84.1 Å². The van der Waals surface area contributed by atoms with E-state index in [-0.39, 0.29) is 25.8 Å². The second-order valence-electron chi connectivity index (χ2n) is 6.44. The van der Waals surface area contributed by atoms with Crippen LogP contribution in [0.3, 0.4) is 0 Å². The molecule has 0 saturated heterocycles. The zero-order valence-electron chi connectivity index (χ0n) is 15.3. The molecule has 0 heterocycles. The molecule has 0 aliphatic heterocycles. The summed E-state index contributed by atoms with van der Waals surface area (Å²) < 4.78 is 0. The molecule has 132 valence electrons. The van der Waals surface area contributed by atoms with E-state index < -0.39 is 0 Å². The second-order valence-corrected chi connectivity index (χ2v) is 7.76. The maximum absolute atomic E-state index is 2.29. The predicted molar refractivity (Wildman–Crippen MR) is 118 cm³/mol. The molecule has 27 heavy (non-hydrogen) atoms. The van der Waals surface area contributed by atoms with Gasteiger partial charge in [-0.3, -0.25) is 0 Å². The molecular weight excluding hydrogens is 510 g/mol. The van der Waals surface area contributed by atoms with E-state index in [0.29, 0.717) is 0 Å². The summed E-state index contributed by atoms with van der Waals surface area (Å²) in [5.74, 6) is 0. The summed E-state index contributed by atoms with van der Waals surface area (Å²) in [4.78, 5) is 0. The van der Waals surface area contributed by atoms with Gasteiger partial charge in [0, 0.05) is 25.8 Å². The molecule has 0 amide bonds.